The third kappa shape index (κ3) is 4.15. The van der Waals surface area contributed by atoms with Gasteiger partial charge in [0, 0.05) is 21.7 Å². The van der Waals surface area contributed by atoms with Gasteiger partial charge in [-0.25, -0.2) is 0 Å². The number of hydrogen-bond donors (Lipinski definition) is 2. The third-order valence-electron chi connectivity index (χ3n) is 1.98. The normalized spacial score (nSPS) is 12.8. The summed E-state index contributed by atoms with van der Waals surface area (Å²) in [6, 6.07) is 5.90. The van der Waals surface area contributed by atoms with Crippen molar-refractivity contribution >= 4 is 27.7 Å². The number of aliphatic hydroxyl groups is 2. The summed E-state index contributed by atoms with van der Waals surface area (Å²) in [5.74, 6) is 0.873. The van der Waals surface area contributed by atoms with Gasteiger partial charge < -0.3 is 10.2 Å². The first-order chi connectivity index (χ1) is 7.15. The lowest BCUT2D eigenvalue weighted by molar-refractivity contribution is 0.196. The van der Waals surface area contributed by atoms with Gasteiger partial charge in [0.25, 0.3) is 0 Å². The molecule has 0 saturated carbocycles. The van der Waals surface area contributed by atoms with Crippen LogP contribution in [0, 0.1) is 0 Å². The highest BCUT2D eigenvalue weighted by Gasteiger charge is 2.08. The van der Waals surface area contributed by atoms with E-state index in [1.54, 1.807) is 18.7 Å². The quantitative estimate of drug-likeness (QED) is 0.647. The van der Waals surface area contributed by atoms with Gasteiger partial charge in [0.15, 0.2) is 0 Å². The third-order valence-corrected chi connectivity index (χ3v) is 3.65. The van der Waals surface area contributed by atoms with Gasteiger partial charge >= 0.3 is 0 Å². The molecule has 0 radical (unpaired) electrons. The van der Waals surface area contributed by atoms with Crippen LogP contribution in [0.2, 0.25) is 0 Å². The van der Waals surface area contributed by atoms with Crippen LogP contribution in [0.25, 0.3) is 0 Å². The molecule has 0 aliphatic rings. The first-order valence-corrected chi connectivity index (χ1v) is 6.64. The molecule has 0 heterocycles. The highest BCUT2D eigenvalue weighted by molar-refractivity contribution is 9.10. The summed E-state index contributed by atoms with van der Waals surface area (Å²) in [5.41, 5.74) is 0.937. The Morgan fingerprint density at radius 2 is 2.20 bits per heavy atom. The lowest BCUT2D eigenvalue weighted by atomic mass is 10.1. The van der Waals surface area contributed by atoms with Gasteiger partial charge in [-0.3, -0.25) is 0 Å². The highest BCUT2D eigenvalue weighted by atomic mass is 79.9. The molecule has 4 heteroatoms. The van der Waals surface area contributed by atoms with Crippen molar-refractivity contribution in [3.8, 4) is 0 Å². The first kappa shape index (κ1) is 13.0. The van der Waals surface area contributed by atoms with Crippen LogP contribution >= 0.6 is 27.7 Å². The average molecular weight is 291 g/mol. The van der Waals surface area contributed by atoms with Gasteiger partial charge in [-0.15, -0.1) is 11.8 Å². The number of halogens is 1. The van der Waals surface area contributed by atoms with Crippen LogP contribution in [-0.2, 0) is 0 Å². The van der Waals surface area contributed by atoms with E-state index in [1.807, 2.05) is 18.2 Å². The molecular weight excluding hydrogens is 276 g/mol. The molecule has 15 heavy (non-hydrogen) atoms. The minimum absolute atomic E-state index is 0.216. The van der Waals surface area contributed by atoms with Crippen LogP contribution in [-0.4, -0.2) is 22.6 Å². The maximum atomic E-state index is 9.60. The zero-order valence-electron chi connectivity index (χ0n) is 8.61. The van der Waals surface area contributed by atoms with E-state index in [0.717, 1.165) is 27.1 Å². The number of benzene rings is 1. The average Bonchev–Trinajstić information content (AvgIpc) is 2.20. The van der Waals surface area contributed by atoms with E-state index in [1.165, 1.54) is 0 Å². The zero-order valence-corrected chi connectivity index (χ0v) is 11.0. The molecule has 0 aromatic heterocycles. The Hall–Kier alpha value is -0.0300. The van der Waals surface area contributed by atoms with Crippen molar-refractivity contribution in [3.63, 3.8) is 0 Å². The van der Waals surface area contributed by atoms with E-state index in [2.05, 4.69) is 15.9 Å². The Bertz CT molecular complexity index is 315. The van der Waals surface area contributed by atoms with Crippen molar-refractivity contribution in [3.05, 3.63) is 28.2 Å². The number of hydrogen-bond acceptors (Lipinski definition) is 3. The number of thioether (sulfide) groups is 1. The lowest BCUT2D eigenvalue weighted by Gasteiger charge is -2.11. The Morgan fingerprint density at radius 3 is 2.80 bits per heavy atom. The van der Waals surface area contributed by atoms with Crippen LogP contribution in [0.4, 0.5) is 0 Å². The molecule has 2 N–H and O–H groups in total. The fourth-order valence-electron chi connectivity index (χ4n) is 1.22. The highest BCUT2D eigenvalue weighted by Crippen LogP contribution is 2.30. The summed E-state index contributed by atoms with van der Waals surface area (Å²) in [4.78, 5) is 1.08. The number of aliphatic hydroxyl groups excluding tert-OH is 2. The van der Waals surface area contributed by atoms with Crippen LogP contribution < -0.4 is 0 Å². The molecule has 0 spiro atoms. The molecule has 1 aromatic carbocycles. The number of rotatable bonds is 5. The summed E-state index contributed by atoms with van der Waals surface area (Å²) in [6.07, 6.45) is 0.319. The minimum atomic E-state index is -0.459. The van der Waals surface area contributed by atoms with Crippen molar-refractivity contribution in [1.82, 2.24) is 0 Å². The molecule has 0 saturated heterocycles. The molecule has 0 amide bonds. The molecule has 1 atom stereocenters. The zero-order chi connectivity index (χ0) is 11.3. The Kier molecular flexibility index (Phi) is 5.68. The van der Waals surface area contributed by atoms with Crippen LogP contribution in [0.15, 0.2) is 27.6 Å². The summed E-state index contributed by atoms with van der Waals surface area (Å²) >= 11 is 5.05. The van der Waals surface area contributed by atoms with Gasteiger partial charge in [0.05, 0.1) is 6.10 Å². The summed E-state index contributed by atoms with van der Waals surface area (Å²) in [5, 5.41) is 18.3. The summed E-state index contributed by atoms with van der Waals surface area (Å²) in [6.45, 7) is 1.98. The fraction of sp³-hybridized carbons (Fsp3) is 0.455. The van der Waals surface area contributed by atoms with E-state index in [9.17, 15) is 5.11 Å². The van der Waals surface area contributed by atoms with Crippen molar-refractivity contribution in [1.29, 1.82) is 0 Å². The molecule has 0 fully saturated rings. The fourth-order valence-corrected chi connectivity index (χ4v) is 2.66. The van der Waals surface area contributed by atoms with E-state index >= 15 is 0 Å². The van der Waals surface area contributed by atoms with E-state index in [4.69, 9.17) is 5.11 Å². The van der Waals surface area contributed by atoms with Crippen molar-refractivity contribution in [2.75, 3.05) is 12.4 Å². The SMILES string of the molecule is CC(O)c1cc(Br)ccc1SCCCO. The van der Waals surface area contributed by atoms with Gasteiger partial charge in [-0.1, -0.05) is 15.9 Å². The monoisotopic (exact) mass is 290 g/mol. The van der Waals surface area contributed by atoms with Crippen molar-refractivity contribution < 1.29 is 10.2 Å². The second-order valence-corrected chi connectivity index (χ2v) is 5.34. The van der Waals surface area contributed by atoms with E-state index < -0.39 is 6.10 Å². The molecule has 1 aromatic rings. The van der Waals surface area contributed by atoms with Crippen LogP contribution in [0.5, 0.6) is 0 Å². The second-order valence-electron chi connectivity index (χ2n) is 3.28. The van der Waals surface area contributed by atoms with Crippen LogP contribution in [0.3, 0.4) is 0 Å². The maximum Gasteiger partial charge on any atom is 0.0773 e. The van der Waals surface area contributed by atoms with Gasteiger partial charge in [-0.2, -0.15) is 0 Å². The predicted molar refractivity (Wildman–Crippen MR) is 67.2 cm³/mol. The summed E-state index contributed by atoms with van der Waals surface area (Å²) < 4.78 is 0.977. The minimum Gasteiger partial charge on any atom is -0.396 e. The van der Waals surface area contributed by atoms with Crippen molar-refractivity contribution in [2.24, 2.45) is 0 Å². The van der Waals surface area contributed by atoms with E-state index in [0.29, 0.717) is 0 Å². The molecule has 0 aliphatic carbocycles. The Morgan fingerprint density at radius 1 is 1.47 bits per heavy atom. The molecule has 2 nitrogen and oxygen atoms in total. The lowest BCUT2D eigenvalue weighted by Crippen LogP contribution is -1.95. The predicted octanol–water partition coefficient (Wildman–Crippen LogP) is 2.98. The first-order valence-electron chi connectivity index (χ1n) is 4.86. The van der Waals surface area contributed by atoms with Crippen molar-refractivity contribution in [2.45, 2.75) is 24.3 Å². The molecule has 84 valence electrons. The largest absolute Gasteiger partial charge is 0.396 e. The molecular formula is C11H15BrO2S. The van der Waals surface area contributed by atoms with Gasteiger partial charge in [0.1, 0.15) is 0 Å². The molecule has 0 aliphatic heterocycles. The molecule has 0 bridgehead atoms. The Balaban J connectivity index is 2.77. The topological polar surface area (TPSA) is 40.5 Å². The van der Waals surface area contributed by atoms with Gasteiger partial charge in [-0.05, 0) is 37.1 Å². The van der Waals surface area contributed by atoms with E-state index in [-0.39, 0.29) is 6.61 Å². The molecule has 1 rings (SSSR count). The van der Waals surface area contributed by atoms with Crippen LogP contribution in [0.1, 0.15) is 25.0 Å². The molecule has 1 unspecified atom stereocenters. The second kappa shape index (κ2) is 6.53. The Labute approximate surface area is 103 Å². The smallest absolute Gasteiger partial charge is 0.0773 e. The van der Waals surface area contributed by atoms with Gasteiger partial charge in [0.2, 0.25) is 0 Å². The summed E-state index contributed by atoms with van der Waals surface area (Å²) in [7, 11) is 0. The standard InChI is InChI=1S/C11H15BrO2S/c1-8(14)10-7-9(12)3-4-11(10)15-6-2-5-13/h3-4,7-8,13-14H,2,5-6H2,1H3. The maximum absolute atomic E-state index is 9.60.